The largest absolute Gasteiger partial charge is 0.341 e. The second-order valence-electron chi connectivity index (χ2n) is 5.85. The van der Waals surface area contributed by atoms with Gasteiger partial charge in [0.15, 0.2) is 9.84 Å². The molecule has 1 atom stereocenters. The molecule has 1 heterocycles. The number of carbonyl (C=O) groups is 1. The van der Waals surface area contributed by atoms with E-state index in [1.165, 1.54) is 0 Å². The van der Waals surface area contributed by atoms with Gasteiger partial charge in [-0.15, -0.1) is 0 Å². The molecule has 0 saturated carbocycles. The first-order valence-corrected chi connectivity index (χ1v) is 9.32. The minimum Gasteiger partial charge on any atom is -0.341 e. The average molecular weight is 324 g/mol. The SMILES string of the molecule is CN[C@H]1CCCN(C(=O)CCS(=O)(=O)c2ccc(C)cc2)C1. The van der Waals surface area contributed by atoms with E-state index in [9.17, 15) is 13.2 Å². The number of sulfone groups is 1. The molecule has 122 valence electrons. The molecule has 0 radical (unpaired) electrons. The van der Waals surface area contributed by atoms with Crippen LogP contribution in [0.1, 0.15) is 24.8 Å². The van der Waals surface area contributed by atoms with Gasteiger partial charge in [-0.05, 0) is 38.9 Å². The highest BCUT2D eigenvalue weighted by Gasteiger charge is 2.24. The Labute approximate surface area is 132 Å². The Balaban J connectivity index is 1.94. The monoisotopic (exact) mass is 324 g/mol. The van der Waals surface area contributed by atoms with Gasteiger partial charge in [0.1, 0.15) is 0 Å². The fraction of sp³-hybridized carbons (Fsp3) is 0.562. The van der Waals surface area contributed by atoms with Gasteiger partial charge in [-0.25, -0.2) is 8.42 Å². The van der Waals surface area contributed by atoms with Crippen LogP contribution >= 0.6 is 0 Å². The number of benzene rings is 1. The van der Waals surface area contributed by atoms with Crippen LogP contribution < -0.4 is 5.32 Å². The van der Waals surface area contributed by atoms with Gasteiger partial charge in [-0.1, -0.05) is 17.7 Å². The van der Waals surface area contributed by atoms with E-state index in [1.54, 1.807) is 29.2 Å². The van der Waals surface area contributed by atoms with Crippen molar-refractivity contribution in [1.82, 2.24) is 10.2 Å². The van der Waals surface area contributed by atoms with Crippen molar-refractivity contribution in [1.29, 1.82) is 0 Å². The summed E-state index contributed by atoms with van der Waals surface area (Å²) in [6, 6.07) is 7.07. The smallest absolute Gasteiger partial charge is 0.223 e. The summed E-state index contributed by atoms with van der Waals surface area (Å²) >= 11 is 0. The molecule has 6 heteroatoms. The summed E-state index contributed by atoms with van der Waals surface area (Å²) in [4.78, 5) is 14.3. The zero-order chi connectivity index (χ0) is 16.2. The Kier molecular flexibility index (Phi) is 5.58. The number of nitrogens with one attached hydrogen (secondary N) is 1. The molecule has 0 aliphatic carbocycles. The number of piperidine rings is 1. The molecule has 1 aromatic carbocycles. The molecule has 1 N–H and O–H groups in total. The summed E-state index contributed by atoms with van der Waals surface area (Å²) in [6.07, 6.45) is 2.07. The third-order valence-electron chi connectivity index (χ3n) is 4.15. The van der Waals surface area contributed by atoms with Crippen LogP contribution in [0.5, 0.6) is 0 Å². The zero-order valence-electron chi connectivity index (χ0n) is 13.2. The topological polar surface area (TPSA) is 66.5 Å². The first-order chi connectivity index (χ1) is 10.4. The van der Waals surface area contributed by atoms with Crippen molar-refractivity contribution in [3.63, 3.8) is 0 Å². The maximum Gasteiger partial charge on any atom is 0.223 e. The molecule has 22 heavy (non-hydrogen) atoms. The lowest BCUT2D eigenvalue weighted by Gasteiger charge is -2.32. The number of carbonyl (C=O) groups excluding carboxylic acids is 1. The van der Waals surface area contributed by atoms with Crippen molar-refractivity contribution in [3.8, 4) is 0 Å². The van der Waals surface area contributed by atoms with Gasteiger partial charge in [-0.3, -0.25) is 4.79 Å². The van der Waals surface area contributed by atoms with Crippen LogP contribution in [0.2, 0.25) is 0 Å². The van der Waals surface area contributed by atoms with Crippen LogP contribution in [-0.4, -0.2) is 51.2 Å². The van der Waals surface area contributed by atoms with E-state index in [2.05, 4.69) is 5.32 Å². The summed E-state index contributed by atoms with van der Waals surface area (Å²) in [5.74, 6) is -0.203. The van der Waals surface area contributed by atoms with Gasteiger partial charge >= 0.3 is 0 Å². The number of aryl methyl sites for hydroxylation is 1. The quantitative estimate of drug-likeness (QED) is 0.888. The lowest BCUT2D eigenvalue weighted by atomic mass is 10.1. The molecule has 1 amide bonds. The second kappa shape index (κ2) is 7.24. The molecule has 1 aliphatic rings. The Morgan fingerprint density at radius 2 is 2.00 bits per heavy atom. The average Bonchev–Trinajstić information content (AvgIpc) is 2.53. The third-order valence-corrected chi connectivity index (χ3v) is 5.88. The fourth-order valence-electron chi connectivity index (χ4n) is 2.68. The van der Waals surface area contributed by atoms with Crippen LogP contribution in [0.3, 0.4) is 0 Å². The maximum absolute atomic E-state index is 12.3. The number of likely N-dealkylation sites (tertiary alicyclic amines) is 1. The van der Waals surface area contributed by atoms with Gasteiger partial charge in [0, 0.05) is 25.6 Å². The molecular weight excluding hydrogens is 300 g/mol. The summed E-state index contributed by atoms with van der Waals surface area (Å²) in [5, 5.41) is 3.18. The molecule has 1 saturated heterocycles. The second-order valence-corrected chi connectivity index (χ2v) is 7.96. The minimum absolute atomic E-state index is 0.0483. The molecular formula is C16H24N2O3S. The first-order valence-electron chi connectivity index (χ1n) is 7.67. The van der Waals surface area contributed by atoms with Crippen molar-refractivity contribution >= 4 is 15.7 Å². The van der Waals surface area contributed by atoms with Crippen LogP contribution in [0, 0.1) is 6.92 Å². The van der Waals surface area contributed by atoms with Crippen LogP contribution in [0.15, 0.2) is 29.2 Å². The van der Waals surface area contributed by atoms with Crippen molar-refractivity contribution in [2.75, 3.05) is 25.9 Å². The number of amides is 1. The summed E-state index contributed by atoms with van der Waals surface area (Å²) in [7, 11) is -1.50. The summed E-state index contributed by atoms with van der Waals surface area (Å²) in [6.45, 7) is 3.30. The number of nitrogens with zero attached hydrogens (tertiary/aromatic N) is 1. The Bertz CT molecular complexity index is 611. The number of hydrogen-bond acceptors (Lipinski definition) is 4. The van der Waals surface area contributed by atoms with Crippen molar-refractivity contribution < 1.29 is 13.2 Å². The van der Waals surface area contributed by atoms with Gasteiger partial charge in [0.2, 0.25) is 5.91 Å². The Morgan fingerprint density at radius 1 is 1.32 bits per heavy atom. The molecule has 1 fully saturated rings. The third kappa shape index (κ3) is 4.30. The summed E-state index contributed by atoms with van der Waals surface area (Å²) < 4.78 is 24.5. The molecule has 2 rings (SSSR count). The van der Waals surface area contributed by atoms with Crippen LogP contribution in [-0.2, 0) is 14.6 Å². The summed E-state index contributed by atoms with van der Waals surface area (Å²) in [5.41, 5.74) is 1.02. The van der Waals surface area contributed by atoms with E-state index in [1.807, 2.05) is 14.0 Å². The van der Waals surface area contributed by atoms with Crippen molar-refractivity contribution in [3.05, 3.63) is 29.8 Å². The molecule has 0 aromatic heterocycles. The van der Waals surface area contributed by atoms with Crippen LogP contribution in [0.4, 0.5) is 0 Å². The molecule has 1 aliphatic heterocycles. The van der Waals surface area contributed by atoms with Gasteiger partial charge < -0.3 is 10.2 Å². The molecule has 0 spiro atoms. The van der Waals surface area contributed by atoms with E-state index >= 15 is 0 Å². The molecule has 5 nitrogen and oxygen atoms in total. The lowest BCUT2D eigenvalue weighted by molar-refractivity contribution is -0.132. The standard InChI is InChI=1S/C16H24N2O3S/c1-13-5-7-15(8-6-13)22(20,21)11-9-16(19)18-10-3-4-14(12-18)17-2/h5-8,14,17H,3-4,9-12H2,1-2H3/t14-/m0/s1. The van der Waals surface area contributed by atoms with Crippen molar-refractivity contribution in [2.24, 2.45) is 0 Å². The highest BCUT2D eigenvalue weighted by atomic mass is 32.2. The molecule has 0 unspecified atom stereocenters. The fourth-order valence-corrected chi connectivity index (χ4v) is 3.91. The maximum atomic E-state index is 12.3. The minimum atomic E-state index is -3.39. The first kappa shape index (κ1) is 17.0. The van der Waals surface area contributed by atoms with E-state index in [0.29, 0.717) is 12.6 Å². The number of rotatable bonds is 5. The highest BCUT2D eigenvalue weighted by molar-refractivity contribution is 7.91. The Hall–Kier alpha value is -1.40. The highest BCUT2D eigenvalue weighted by Crippen LogP contribution is 2.15. The predicted molar refractivity (Wildman–Crippen MR) is 86.5 cm³/mol. The van der Waals surface area contributed by atoms with E-state index < -0.39 is 9.84 Å². The molecule has 1 aromatic rings. The van der Waals surface area contributed by atoms with E-state index in [4.69, 9.17) is 0 Å². The van der Waals surface area contributed by atoms with Gasteiger partial charge in [0.05, 0.1) is 10.6 Å². The van der Waals surface area contributed by atoms with E-state index in [0.717, 1.165) is 24.9 Å². The van der Waals surface area contributed by atoms with Crippen molar-refractivity contribution in [2.45, 2.75) is 37.1 Å². The van der Waals surface area contributed by atoms with E-state index in [-0.39, 0.29) is 23.0 Å². The Morgan fingerprint density at radius 3 is 2.64 bits per heavy atom. The van der Waals surface area contributed by atoms with Gasteiger partial charge in [0.25, 0.3) is 0 Å². The van der Waals surface area contributed by atoms with Gasteiger partial charge in [-0.2, -0.15) is 0 Å². The normalized spacial score (nSPS) is 19.2. The number of likely N-dealkylation sites (N-methyl/N-ethyl adjacent to an activating group) is 1. The molecule has 0 bridgehead atoms. The predicted octanol–water partition coefficient (Wildman–Crippen LogP) is 1.37. The van der Waals surface area contributed by atoms with Crippen LogP contribution in [0.25, 0.3) is 0 Å². The number of hydrogen-bond donors (Lipinski definition) is 1. The lowest BCUT2D eigenvalue weighted by Crippen LogP contribution is -2.47. The zero-order valence-corrected chi connectivity index (χ0v) is 14.0.